The molecule has 0 bridgehead atoms. The number of benzene rings is 5. The summed E-state index contributed by atoms with van der Waals surface area (Å²) in [5.74, 6) is 0. The van der Waals surface area contributed by atoms with Gasteiger partial charge in [0.05, 0.1) is 5.69 Å². The van der Waals surface area contributed by atoms with Crippen LogP contribution in [0, 0.1) is 13.8 Å². The SMILES string of the molecule is CC(=Nc1ccccc1C)c1ccccc1-c1cc(-c2ccc(-c3ccc(-c4ccccc4)s3)cc2)ccc1C. The first kappa shape index (κ1) is 25.7. The topological polar surface area (TPSA) is 12.4 Å². The van der Waals surface area contributed by atoms with Crippen molar-refractivity contribution in [2.75, 3.05) is 0 Å². The minimum atomic E-state index is 1.02. The lowest BCUT2D eigenvalue weighted by molar-refractivity contribution is 1.38. The Labute approximate surface area is 241 Å². The number of aliphatic imine (C=N–C) groups is 1. The van der Waals surface area contributed by atoms with Crippen LogP contribution in [0.5, 0.6) is 0 Å². The summed E-state index contributed by atoms with van der Waals surface area (Å²) < 4.78 is 0. The maximum absolute atomic E-state index is 5.00. The Hall–Kier alpha value is -4.53. The molecule has 194 valence electrons. The molecule has 0 atom stereocenters. The normalized spacial score (nSPS) is 11.5. The molecular formula is C38H31NS. The van der Waals surface area contributed by atoms with Crippen molar-refractivity contribution in [1.82, 2.24) is 0 Å². The first-order valence-electron chi connectivity index (χ1n) is 13.6. The summed E-state index contributed by atoms with van der Waals surface area (Å²) in [5, 5.41) is 0. The summed E-state index contributed by atoms with van der Waals surface area (Å²) in [4.78, 5) is 7.58. The zero-order valence-electron chi connectivity index (χ0n) is 23.1. The largest absolute Gasteiger partial charge is 0.253 e. The maximum Gasteiger partial charge on any atom is 0.0662 e. The Morgan fingerprint density at radius 2 is 1.10 bits per heavy atom. The minimum absolute atomic E-state index is 1.02. The number of rotatable bonds is 6. The number of hydrogen-bond donors (Lipinski definition) is 0. The van der Waals surface area contributed by atoms with E-state index >= 15 is 0 Å². The summed E-state index contributed by atoms with van der Waals surface area (Å²) in [6, 6.07) is 47.7. The van der Waals surface area contributed by atoms with Gasteiger partial charge in [0.2, 0.25) is 0 Å². The van der Waals surface area contributed by atoms with Gasteiger partial charge >= 0.3 is 0 Å². The molecule has 0 aliphatic rings. The van der Waals surface area contributed by atoms with Crippen molar-refractivity contribution in [1.29, 1.82) is 0 Å². The molecule has 1 heterocycles. The Kier molecular flexibility index (Phi) is 7.27. The molecule has 0 aliphatic carbocycles. The molecule has 0 fully saturated rings. The van der Waals surface area contributed by atoms with Crippen LogP contribution < -0.4 is 0 Å². The Morgan fingerprint density at radius 3 is 1.85 bits per heavy atom. The highest BCUT2D eigenvalue weighted by Gasteiger charge is 2.12. The van der Waals surface area contributed by atoms with E-state index in [1.54, 1.807) is 0 Å². The summed E-state index contributed by atoms with van der Waals surface area (Å²) in [7, 11) is 0. The summed E-state index contributed by atoms with van der Waals surface area (Å²) in [6.45, 7) is 6.41. The third kappa shape index (κ3) is 5.32. The van der Waals surface area contributed by atoms with E-state index in [1.807, 2.05) is 17.4 Å². The van der Waals surface area contributed by atoms with Crippen molar-refractivity contribution < 1.29 is 0 Å². The second-order valence-corrected chi connectivity index (χ2v) is 11.3. The second-order valence-electron chi connectivity index (χ2n) is 10.2. The number of nitrogens with zero attached hydrogens (tertiary/aromatic N) is 1. The van der Waals surface area contributed by atoms with Crippen LogP contribution in [0.4, 0.5) is 5.69 Å². The molecule has 0 radical (unpaired) electrons. The lowest BCUT2D eigenvalue weighted by Crippen LogP contribution is -1.99. The van der Waals surface area contributed by atoms with Crippen molar-refractivity contribution in [2.24, 2.45) is 4.99 Å². The van der Waals surface area contributed by atoms with Crippen LogP contribution in [0.25, 0.3) is 43.1 Å². The van der Waals surface area contributed by atoms with Crippen LogP contribution in [0.2, 0.25) is 0 Å². The molecule has 0 N–H and O–H groups in total. The number of hydrogen-bond acceptors (Lipinski definition) is 2. The van der Waals surface area contributed by atoms with Crippen molar-refractivity contribution in [3.8, 4) is 43.1 Å². The molecule has 0 aliphatic heterocycles. The van der Waals surface area contributed by atoms with Gasteiger partial charge in [-0.3, -0.25) is 4.99 Å². The standard InChI is InChI=1S/C38H31NS/c1-26-17-18-32(29-19-21-31(22-20-29)38-24-23-37(40-38)30-12-5-4-6-13-30)25-35(26)34-15-9-8-14-33(34)28(3)39-36-16-10-7-11-27(36)2/h4-25H,1-3H3. The van der Waals surface area contributed by atoms with E-state index in [0.29, 0.717) is 0 Å². The van der Waals surface area contributed by atoms with Gasteiger partial charge in [0.25, 0.3) is 0 Å². The van der Waals surface area contributed by atoms with Crippen LogP contribution in [-0.4, -0.2) is 5.71 Å². The average Bonchev–Trinajstić information content (AvgIpc) is 3.50. The van der Waals surface area contributed by atoms with Gasteiger partial charge in [-0.15, -0.1) is 11.3 Å². The van der Waals surface area contributed by atoms with Crippen LogP contribution in [0.15, 0.2) is 138 Å². The first-order chi connectivity index (χ1) is 19.6. The monoisotopic (exact) mass is 533 g/mol. The van der Waals surface area contributed by atoms with Crippen molar-refractivity contribution in [3.05, 3.63) is 150 Å². The second kappa shape index (κ2) is 11.3. The number of aryl methyl sites for hydroxylation is 2. The molecule has 0 spiro atoms. The highest BCUT2D eigenvalue weighted by atomic mass is 32.1. The van der Waals surface area contributed by atoms with Gasteiger partial charge in [-0.2, -0.15) is 0 Å². The third-order valence-electron chi connectivity index (χ3n) is 7.42. The van der Waals surface area contributed by atoms with Crippen LogP contribution in [-0.2, 0) is 0 Å². The van der Waals surface area contributed by atoms with Gasteiger partial charge in [-0.05, 0) is 89.5 Å². The predicted molar refractivity (Wildman–Crippen MR) is 174 cm³/mol. The predicted octanol–water partition coefficient (Wildman–Crippen LogP) is 11.2. The smallest absolute Gasteiger partial charge is 0.0662 e. The fourth-order valence-electron chi connectivity index (χ4n) is 5.13. The zero-order chi connectivity index (χ0) is 27.5. The lowest BCUT2D eigenvalue weighted by Gasteiger charge is -2.14. The van der Waals surface area contributed by atoms with Crippen molar-refractivity contribution in [2.45, 2.75) is 20.8 Å². The van der Waals surface area contributed by atoms with Gasteiger partial charge in [0.1, 0.15) is 0 Å². The van der Waals surface area contributed by atoms with Crippen LogP contribution >= 0.6 is 11.3 Å². The molecule has 0 amide bonds. The van der Waals surface area contributed by atoms with E-state index in [2.05, 4.69) is 148 Å². The maximum atomic E-state index is 5.00. The van der Waals surface area contributed by atoms with E-state index in [4.69, 9.17) is 4.99 Å². The molecule has 1 aromatic heterocycles. The molecule has 6 rings (SSSR count). The van der Waals surface area contributed by atoms with Crippen molar-refractivity contribution >= 4 is 22.7 Å². The Bertz CT molecular complexity index is 1810. The average molecular weight is 534 g/mol. The fraction of sp³-hybridized carbons (Fsp3) is 0.0789. The van der Waals surface area contributed by atoms with Crippen molar-refractivity contribution in [3.63, 3.8) is 0 Å². The summed E-state index contributed by atoms with van der Waals surface area (Å²) in [5.41, 5.74) is 13.0. The number of para-hydroxylation sites is 1. The highest BCUT2D eigenvalue weighted by Crippen LogP contribution is 2.36. The Morgan fingerprint density at radius 1 is 0.500 bits per heavy atom. The van der Waals surface area contributed by atoms with E-state index in [0.717, 1.165) is 17.0 Å². The lowest BCUT2D eigenvalue weighted by atomic mass is 9.91. The number of thiophene rings is 1. The molecule has 0 saturated carbocycles. The molecule has 5 aromatic carbocycles. The first-order valence-corrected chi connectivity index (χ1v) is 14.5. The van der Waals surface area contributed by atoms with Gasteiger partial charge in [-0.1, -0.05) is 109 Å². The quantitative estimate of drug-likeness (QED) is 0.189. The van der Waals surface area contributed by atoms with E-state index < -0.39 is 0 Å². The minimum Gasteiger partial charge on any atom is -0.253 e. The Balaban J connectivity index is 1.32. The molecule has 6 aromatic rings. The summed E-state index contributed by atoms with van der Waals surface area (Å²) >= 11 is 1.84. The summed E-state index contributed by atoms with van der Waals surface area (Å²) in [6.07, 6.45) is 0. The molecule has 40 heavy (non-hydrogen) atoms. The van der Waals surface area contributed by atoms with Gasteiger partial charge in [-0.25, -0.2) is 0 Å². The molecule has 0 saturated heterocycles. The van der Waals surface area contributed by atoms with E-state index in [1.165, 1.54) is 54.3 Å². The molecule has 2 heteroatoms. The van der Waals surface area contributed by atoms with Crippen LogP contribution in [0.1, 0.15) is 23.6 Å². The molecule has 0 unspecified atom stereocenters. The fourth-order valence-corrected chi connectivity index (χ4v) is 6.15. The molecular weight excluding hydrogens is 502 g/mol. The van der Waals surface area contributed by atoms with E-state index in [-0.39, 0.29) is 0 Å². The van der Waals surface area contributed by atoms with E-state index in [9.17, 15) is 0 Å². The van der Waals surface area contributed by atoms with Crippen LogP contribution in [0.3, 0.4) is 0 Å². The third-order valence-corrected chi connectivity index (χ3v) is 8.60. The van der Waals surface area contributed by atoms with Gasteiger partial charge in [0, 0.05) is 21.0 Å². The molecule has 1 nitrogen and oxygen atoms in total. The van der Waals surface area contributed by atoms with Gasteiger partial charge in [0.15, 0.2) is 0 Å². The van der Waals surface area contributed by atoms with Gasteiger partial charge < -0.3 is 0 Å². The highest BCUT2D eigenvalue weighted by molar-refractivity contribution is 7.18. The zero-order valence-corrected chi connectivity index (χ0v) is 23.9.